The maximum Gasteiger partial charge on any atom is 0.393 e. The van der Waals surface area contributed by atoms with E-state index in [1.54, 1.807) is 42.7 Å². The van der Waals surface area contributed by atoms with Crippen LogP contribution < -0.4 is 5.01 Å². The molecule has 0 saturated heterocycles. The molecule has 4 aromatic carbocycles. The number of aromatic nitrogens is 2. The van der Waals surface area contributed by atoms with Crippen molar-refractivity contribution in [3.05, 3.63) is 126 Å². The molecular formula is C33H25F3N4O2. The van der Waals surface area contributed by atoms with Gasteiger partial charge >= 0.3 is 12.1 Å². The lowest BCUT2D eigenvalue weighted by atomic mass is 9.96. The largest absolute Gasteiger partial charge is 0.465 e. The molecule has 6 nitrogen and oxygen atoms in total. The monoisotopic (exact) mass is 566 g/mol. The Morgan fingerprint density at radius 1 is 0.857 bits per heavy atom. The summed E-state index contributed by atoms with van der Waals surface area (Å²) in [5.41, 5.74) is 7.46. The average Bonchev–Trinajstić information content (AvgIpc) is 3.46. The third-order valence-electron chi connectivity index (χ3n) is 7.23. The highest BCUT2D eigenvalue weighted by Crippen LogP contribution is 2.38. The van der Waals surface area contributed by atoms with E-state index in [1.165, 1.54) is 19.2 Å². The fraction of sp³-hybridized carbons (Fsp3) is 0.152. The second kappa shape index (κ2) is 11.1. The SMILES string of the molecule is COC(=O)c1cccc(N2N=C(c3ccc(-c4ccc(CC(F)(F)F)cc4)cc3)CC2c2ccc3nccnc3c2)c1. The Morgan fingerprint density at radius 2 is 1.52 bits per heavy atom. The molecule has 0 N–H and O–H groups in total. The molecule has 5 aromatic rings. The van der Waals surface area contributed by atoms with Gasteiger partial charge in [-0.25, -0.2) is 4.79 Å². The molecule has 1 aromatic heterocycles. The van der Waals surface area contributed by atoms with Crippen LogP contribution in [0.5, 0.6) is 0 Å². The first-order chi connectivity index (χ1) is 20.3. The van der Waals surface area contributed by atoms with Crippen LogP contribution in [0.25, 0.3) is 22.2 Å². The number of hydrogen-bond acceptors (Lipinski definition) is 6. The molecule has 210 valence electrons. The van der Waals surface area contributed by atoms with Crippen LogP contribution in [0.3, 0.4) is 0 Å². The van der Waals surface area contributed by atoms with Crippen LogP contribution in [-0.2, 0) is 11.2 Å². The van der Waals surface area contributed by atoms with Gasteiger partial charge in [-0.05, 0) is 58.1 Å². The summed E-state index contributed by atoms with van der Waals surface area (Å²) in [4.78, 5) is 21.1. The number of nitrogens with zero attached hydrogens (tertiary/aromatic N) is 4. The quantitative estimate of drug-likeness (QED) is 0.199. The number of carbonyl (C=O) groups excluding carboxylic acids is 1. The minimum absolute atomic E-state index is 0.167. The summed E-state index contributed by atoms with van der Waals surface area (Å²) in [5, 5.41) is 6.91. The number of esters is 1. The number of anilines is 1. The number of carbonyl (C=O) groups is 1. The maximum atomic E-state index is 12.7. The summed E-state index contributed by atoms with van der Waals surface area (Å²) < 4.78 is 43.1. The van der Waals surface area contributed by atoms with Crippen molar-refractivity contribution < 1.29 is 22.7 Å². The summed E-state index contributed by atoms with van der Waals surface area (Å²) in [5.74, 6) is -0.431. The second-order valence-corrected chi connectivity index (χ2v) is 10.0. The van der Waals surface area contributed by atoms with Crippen molar-refractivity contribution in [2.24, 2.45) is 5.10 Å². The number of methoxy groups -OCH3 is 1. The minimum Gasteiger partial charge on any atom is -0.465 e. The Bertz CT molecular complexity index is 1780. The fourth-order valence-corrected chi connectivity index (χ4v) is 5.16. The minimum atomic E-state index is -4.24. The van der Waals surface area contributed by atoms with Crippen molar-refractivity contribution in [3.63, 3.8) is 0 Å². The van der Waals surface area contributed by atoms with Crippen molar-refractivity contribution in [3.8, 4) is 11.1 Å². The maximum absolute atomic E-state index is 12.7. The molecule has 2 heterocycles. The zero-order chi connectivity index (χ0) is 29.3. The van der Waals surface area contributed by atoms with Crippen LogP contribution in [0, 0.1) is 0 Å². The van der Waals surface area contributed by atoms with E-state index in [9.17, 15) is 18.0 Å². The van der Waals surface area contributed by atoms with Gasteiger partial charge in [0.1, 0.15) is 0 Å². The zero-order valence-electron chi connectivity index (χ0n) is 22.5. The van der Waals surface area contributed by atoms with Gasteiger partial charge in [0.05, 0.1) is 47.6 Å². The number of hydrogen-bond donors (Lipinski definition) is 0. The summed E-state index contributed by atoms with van der Waals surface area (Å²) in [6.07, 6.45) is -1.27. The number of fused-ring (bicyclic) bond motifs is 1. The predicted octanol–water partition coefficient (Wildman–Crippen LogP) is 7.54. The van der Waals surface area contributed by atoms with Gasteiger partial charge in [0.2, 0.25) is 0 Å². The molecule has 0 saturated carbocycles. The lowest BCUT2D eigenvalue weighted by Gasteiger charge is -2.24. The van der Waals surface area contributed by atoms with Gasteiger partial charge in [-0.15, -0.1) is 0 Å². The van der Waals surface area contributed by atoms with Crippen molar-refractivity contribution in [1.29, 1.82) is 0 Å². The van der Waals surface area contributed by atoms with E-state index in [-0.39, 0.29) is 11.6 Å². The standard InChI is InChI=1S/C33H25F3N4O2/c1-42-32(41)26-3-2-4-27(17-26)40-31(25-13-14-28-30(18-25)38-16-15-37-28)19-29(39-40)24-11-9-23(10-12-24)22-7-5-21(6-8-22)20-33(34,35)36/h2-18,31H,19-20H2,1H3. The first-order valence-electron chi connectivity index (χ1n) is 13.3. The molecule has 0 amide bonds. The Labute approximate surface area is 240 Å². The van der Waals surface area contributed by atoms with Crippen LogP contribution in [-0.4, -0.2) is 34.9 Å². The number of rotatable bonds is 6. The first-order valence-corrected chi connectivity index (χ1v) is 13.3. The Kier molecular flexibility index (Phi) is 7.16. The molecule has 0 aliphatic carbocycles. The summed E-state index contributed by atoms with van der Waals surface area (Å²) in [6.45, 7) is 0. The van der Waals surface area contributed by atoms with E-state index in [1.807, 2.05) is 53.5 Å². The number of hydrazone groups is 1. The number of alkyl halides is 3. The third kappa shape index (κ3) is 5.72. The predicted molar refractivity (Wildman–Crippen MR) is 155 cm³/mol. The molecule has 0 radical (unpaired) electrons. The molecule has 1 unspecified atom stereocenters. The van der Waals surface area contributed by atoms with Crippen molar-refractivity contribution in [2.45, 2.75) is 25.1 Å². The molecule has 1 atom stereocenters. The molecule has 9 heteroatoms. The Morgan fingerprint density at radius 3 is 2.21 bits per heavy atom. The van der Waals surface area contributed by atoms with Crippen LogP contribution in [0.1, 0.15) is 39.5 Å². The van der Waals surface area contributed by atoms with Gasteiger partial charge in [0, 0.05) is 18.8 Å². The van der Waals surface area contributed by atoms with E-state index in [4.69, 9.17) is 9.84 Å². The lowest BCUT2D eigenvalue weighted by molar-refractivity contribution is -0.127. The summed E-state index contributed by atoms with van der Waals surface area (Å²) in [6, 6.07) is 27.2. The lowest BCUT2D eigenvalue weighted by Crippen LogP contribution is -2.19. The van der Waals surface area contributed by atoms with Gasteiger partial charge in [-0.1, -0.05) is 60.7 Å². The average molecular weight is 567 g/mol. The van der Waals surface area contributed by atoms with Crippen LogP contribution in [0.4, 0.5) is 18.9 Å². The van der Waals surface area contributed by atoms with E-state index < -0.39 is 18.6 Å². The van der Waals surface area contributed by atoms with Gasteiger partial charge in [-0.3, -0.25) is 15.0 Å². The molecule has 0 fully saturated rings. The van der Waals surface area contributed by atoms with Crippen LogP contribution in [0.15, 0.2) is 108 Å². The number of halogens is 3. The van der Waals surface area contributed by atoms with Crippen molar-refractivity contribution in [1.82, 2.24) is 9.97 Å². The van der Waals surface area contributed by atoms with Crippen molar-refractivity contribution >= 4 is 28.4 Å². The Hall–Kier alpha value is -5.05. The number of benzene rings is 4. The zero-order valence-corrected chi connectivity index (χ0v) is 22.5. The number of ether oxygens (including phenoxy) is 1. The molecule has 42 heavy (non-hydrogen) atoms. The highest BCUT2D eigenvalue weighted by molar-refractivity contribution is 6.04. The van der Waals surface area contributed by atoms with E-state index in [0.717, 1.165) is 44.7 Å². The summed E-state index contributed by atoms with van der Waals surface area (Å²) >= 11 is 0. The summed E-state index contributed by atoms with van der Waals surface area (Å²) in [7, 11) is 1.35. The highest BCUT2D eigenvalue weighted by atomic mass is 19.4. The van der Waals surface area contributed by atoms with E-state index in [2.05, 4.69) is 9.97 Å². The normalized spacial score (nSPS) is 15.1. The van der Waals surface area contributed by atoms with Crippen LogP contribution >= 0.6 is 0 Å². The third-order valence-corrected chi connectivity index (χ3v) is 7.23. The molecule has 0 bridgehead atoms. The van der Waals surface area contributed by atoms with Gasteiger partial charge < -0.3 is 4.74 Å². The van der Waals surface area contributed by atoms with E-state index in [0.29, 0.717) is 12.0 Å². The van der Waals surface area contributed by atoms with Gasteiger partial charge in [-0.2, -0.15) is 18.3 Å². The van der Waals surface area contributed by atoms with Gasteiger partial charge in [0.15, 0.2) is 0 Å². The smallest absolute Gasteiger partial charge is 0.393 e. The highest BCUT2D eigenvalue weighted by Gasteiger charge is 2.31. The molecule has 1 aliphatic rings. The Balaban J connectivity index is 1.32. The topological polar surface area (TPSA) is 67.7 Å². The second-order valence-electron chi connectivity index (χ2n) is 10.0. The van der Waals surface area contributed by atoms with Gasteiger partial charge in [0.25, 0.3) is 0 Å². The van der Waals surface area contributed by atoms with Crippen molar-refractivity contribution in [2.75, 3.05) is 12.1 Å². The van der Waals surface area contributed by atoms with E-state index >= 15 is 0 Å². The fourth-order valence-electron chi connectivity index (χ4n) is 5.16. The first kappa shape index (κ1) is 27.1. The van der Waals surface area contributed by atoms with Crippen LogP contribution in [0.2, 0.25) is 0 Å². The molecule has 1 aliphatic heterocycles. The molecular weight excluding hydrogens is 541 g/mol. The molecule has 6 rings (SSSR count). The molecule has 0 spiro atoms.